The monoisotopic (exact) mass is 162 g/mol. The molecule has 0 aliphatic heterocycles. The van der Waals surface area contributed by atoms with Gasteiger partial charge in [0.2, 0.25) is 0 Å². The molecule has 1 aromatic carbocycles. The third-order valence-electron chi connectivity index (χ3n) is 2.01. The summed E-state index contributed by atoms with van der Waals surface area (Å²) in [6, 6.07) is 5.58. The van der Waals surface area contributed by atoms with Crippen molar-refractivity contribution in [3.05, 3.63) is 30.0 Å². The number of H-pyrrole nitrogens is 1. The van der Waals surface area contributed by atoms with Crippen molar-refractivity contribution in [3.63, 3.8) is 0 Å². The number of aromatic hydroxyl groups is 1. The Hall–Kier alpha value is -1.48. The fourth-order valence-corrected chi connectivity index (χ4v) is 1.33. The lowest BCUT2D eigenvalue weighted by Gasteiger charge is -2.01. The molecule has 0 saturated heterocycles. The van der Waals surface area contributed by atoms with Crippen molar-refractivity contribution in [2.75, 3.05) is 0 Å². The summed E-state index contributed by atoms with van der Waals surface area (Å²) in [5.41, 5.74) is 7.15. The SMILES string of the molecule is NCc1ccc2[nH]ccc2c1O. The van der Waals surface area contributed by atoms with Crippen LogP contribution in [0.5, 0.6) is 5.75 Å². The Morgan fingerprint density at radius 3 is 2.92 bits per heavy atom. The Morgan fingerprint density at radius 2 is 2.17 bits per heavy atom. The van der Waals surface area contributed by atoms with Crippen molar-refractivity contribution in [2.24, 2.45) is 5.73 Å². The number of aromatic amines is 1. The van der Waals surface area contributed by atoms with Crippen LogP contribution in [0.25, 0.3) is 10.9 Å². The molecule has 12 heavy (non-hydrogen) atoms. The first kappa shape index (κ1) is 7.18. The first-order valence-corrected chi connectivity index (χ1v) is 3.81. The fraction of sp³-hybridized carbons (Fsp3) is 0.111. The lowest BCUT2D eigenvalue weighted by Crippen LogP contribution is -1.96. The summed E-state index contributed by atoms with van der Waals surface area (Å²) in [6.45, 7) is 0.368. The van der Waals surface area contributed by atoms with E-state index in [4.69, 9.17) is 5.73 Å². The van der Waals surface area contributed by atoms with Crippen molar-refractivity contribution < 1.29 is 5.11 Å². The van der Waals surface area contributed by atoms with Crippen LogP contribution in [0.15, 0.2) is 24.4 Å². The highest BCUT2D eigenvalue weighted by atomic mass is 16.3. The van der Waals surface area contributed by atoms with Crippen molar-refractivity contribution >= 4 is 10.9 Å². The number of hydrogen-bond donors (Lipinski definition) is 3. The Morgan fingerprint density at radius 1 is 1.33 bits per heavy atom. The van der Waals surface area contributed by atoms with Gasteiger partial charge in [0.15, 0.2) is 0 Å². The van der Waals surface area contributed by atoms with Gasteiger partial charge < -0.3 is 15.8 Å². The quantitative estimate of drug-likeness (QED) is 0.592. The van der Waals surface area contributed by atoms with E-state index in [1.165, 1.54) is 0 Å². The minimum atomic E-state index is 0.288. The maximum absolute atomic E-state index is 9.64. The van der Waals surface area contributed by atoms with Crippen molar-refractivity contribution in [1.29, 1.82) is 0 Å². The van der Waals surface area contributed by atoms with Crippen LogP contribution in [0.3, 0.4) is 0 Å². The molecule has 1 heterocycles. The van der Waals surface area contributed by atoms with Gasteiger partial charge in [0.05, 0.1) is 0 Å². The van der Waals surface area contributed by atoms with Crippen LogP contribution in [-0.4, -0.2) is 10.1 Å². The van der Waals surface area contributed by atoms with Gasteiger partial charge in [-0.3, -0.25) is 0 Å². The van der Waals surface area contributed by atoms with Gasteiger partial charge in [0.1, 0.15) is 5.75 Å². The van der Waals surface area contributed by atoms with Crippen LogP contribution in [-0.2, 0) is 6.54 Å². The molecule has 0 spiro atoms. The molecule has 0 radical (unpaired) electrons. The lowest BCUT2D eigenvalue weighted by molar-refractivity contribution is 0.475. The second-order valence-corrected chi connectivity index (χ2v) is 2.72. The summed E-state index contributed by atoms with van der Waals surface area (Å²) in [7, 11) is 0. The fourth-order valence-electron chi connectivity index (χ4n) is 1.33. The summed E-state index contributed by atoms with van der Waals surface area (Å²) in [6.07, 6.45) is 1.80. The average Bonchev–Trinajstić information content (AvgIpc) is 2.53. The first-order chi connectivity index (χ1) is 5.83. The molecule has 3 nitrogen and oxygen atoms in total. The molecular formula is C9H10N2O. The number of fused-ring (bicyclic) bond motifs is 1. The zero-order valence-corrected chi connectivity index (χ0v) is 6.54. The topological polar surface area (TPSA) is 62.0 Å². The summed E-state index contributed by atoms with van der Waals surface area (Å²) in [4.78, 5) is 3.01. The second kappa shape index (κ2) is 2.53. The zero-order chi connectivity index (χ0) is 8.55. The zero-order valence-electron chi connectivity index (χ0n) is 6.54. The summed E-state index contributed by atoms with van der Waals surface area (Å²) in [5, 5.41) is 10.5. The van der Waals surface area contributed by atoms with Gasteiger partial charge in [-0.1, -0.05) is 6.07 Å². The highest BCUT2D eigenvalue weighted by Crippen LogP contribution is 2.27. The third kappa shape index (κ3) is 0.871. The van der Waals surface area contributed by atoms with E-state index in [0.29, 0.717) is 6.54 Å². The molecule has 2 aromatic rings. The standard InChI is InChI=1S/C9H10N2O/c10-5-6-1-2-8-7(9(6)12)3-4-11-8/h1-4,11-12H,5,10H2. The molecule has 0 aliphatic carbocycles. The Labute approximate surface area is 69.8 Å². The van der Waals surface area contributed by atoms with Crippen molar-refractivity contribution in [3.8, 4) is 5.75 Å². The van der Waals surface area contributed by atoms with Crippen LogP contribution < -0.4 is 5.73 Å². The number of aromatic nitrogens is 1. The Kier molecular flexibility index (Phi) is 1.52. The van der Waals surface area contributed by atoms with Gasteiger partial charge in [-0.15, -0.1) is 0 Å². The lowest BCUT2D eigenvalue weighted by atomic mass is 10.1. The Balaban J connectivity index is 2.78. The summed E-state index contributed by atoms with van der Waals surface area (Å²) < 4.78 is 0. The number of hydrogen-bond acceptors (Lipinski definition) is 2. The Bertz CT molecular complexity index is 406. The highest BCUT2D eigenvalue weighted by molar-refractivity contribution is 5.86. The molecule has 0 aliphatic rings. The van der Waals surface area contributed by atoms with Gasteiger partial charge in [0.25, 0.3) is 0 Å². The van der Waals surface area contributed by atoms with Gasteiger partial charge in [0, 0.05) is 29.2 Å². The van der Waals surface area contributed by atoms with Crippen LogP contribution in [0.1, 0.15) is 5.56 Å². The molecule has 62 valence electrons. The normalized spacial score (nSPS) is 10.8. The first-order valence-electron chi connectivity index (χ1n) is 3.81. The van der Waals surface area contributed by atoms with E-state index in [1.54, 1.807) is 6.20 Å². The van der Waals surface area contributed by atoms with Crippen LogP contribution in [0.4, 0.5) is 0 Å². The predicted octanol–water partition coefficient (Wildman–Crippen LogP) is 1.33. The summed E-state index contributed by atoms with van der Waals surface area (Å²) >= 11 is 0. The van der Waals surface area contributed by atoms with Gasteiger partial charge in [-0.25, -0.2) is 0 Å². The molecule has 4 N–H and O–H groups in total. The summed E-state index contributed by atoms with van der Waals surface area (Å²) in [5.74, 6) is 0.288. The van der Waals surface area contributed by atoms with E-state index >= 15 is 0 Å². The average molecular weight is 162 g/mol. The molecular weight excluding hydrogens is 152 g/mol. The van der Waals surface area contributed by atoms with E-state index in [-0.39, 0.29) is 5.75 Å². The number of phenols is 1. The van der Waals surface area contributed by atoms with Crippen molar-refractivity contribution in [1.82, 2.24) is 4.98 Å². The minimum Gasteiger partial charge on any atom is -0.507 e. The molecule has 0 atom stereocenters. The largest absolute Gasteiger partial charge is 0.507 e. The second-order valence-electron chi connectivity index (χ2n) is 2.72. The molecule has 0 fully saturated rings. The van der Waals surface area contributed by atoms with E-state index in [0.717, 1.165) is 16.5 Å². The molecule has 0 bridgehead atoms. The van der Waals surface area contributed by atoms with Crippen molar-refractivity contribution in [2.45, 2.75) is 6.54 Å². The van der Waals surface area contributed by atoms with Crippen LogP contribution in [0, 0.1) is 0 Å². The number of nitrogens with two attached hydrogens (primary N) is 1. The van der Waals surface area contributed by atoms with E-state index in [1.807, 2.05) is 18.2 Å². The van der Waals surface area contributed by atoms with Gasteiger partial charge >= 0.3 is 0 Å². The molecule has 0 unspecified atom stereocenters. The maximum Gasteiger partial charge on any atom is 0.129 e. The maximum atomic E-state index is 9.64. The van der Waals surface area contributed by atoms with E-state index < -0.39 is 0 Å². The van der Waals surface area contributed by atoms with Gasteiger partial charge in [-0.2, -0.15) is 0 Å². The number of nitrogens with one attached hydrogen (secondary N) is 1. The number of benzene rings is 1. The van der Waals surface area contributed by atoms with E-state index in [9.17, 15) is 5.11 Å². The van der Waals surface area contributed by atoms with E-state index in [2.05, 4.69) is 4.98 Å². The molecule has 0 amide bonds. The minimum absolute atomic E-state index is 0.288. The molecule has 0 saturated carbocycles. The molecule has 1 aromatic heterocycles. The molecule has 2 rings (SSSR count). The predicted molar refractivity (Wildman–Crippen MR) is 47.9 cm³/mol. The number of phenolic OH excluding ortho intramolecular Hbond substituents is 1. The molecule has 3 heteroatoms. The number of rotatable bonds is 1. The highest BCUT2D eigenvalue weighted by Gasteiger charge is 2.04. The van der Waals surface area contributed by atoms with Crippen LogP contribution in [0.2, 0.25) is 0 Å². The smallest absolute Gasteiger partial charge is 0.129 e. The van der Waals surface area contributed by atoms with Gasteiger partial charge in [-0.05, 0) is 12.1 Å². The third-order valence-corrected chi connectivity index (χ3v) is 2.01. The van der Waals surface area contributed by atoms with Crippen LogP contribution >= 0.6 is 0 Å².